The van der Waals surface area contributed by atoms with Crippen molar-refractivity contribution in [3.05, 3.63) is 0 Å². The Balaban J connectivity index is 2.54. The zero-order chi connectivity index (χ0) is 12.5. The lowest BCUT2D eigenvalue weighted by Gasteiger charge is -2.12. The molecule has 0 aromatic rings. The summed E-state index contributed by atoms with van der Waals surface area (Å²) in [6.45, 7) is 5.59. The number of hydrogen-bond acceptors (Lipinski definition) is 3. The fourth-order valence-corrected chi connectivity index (χ4v) is 2.80. The normalized spacial score (nSPS) is 28.2. The number of carbonyl (C=O) groups is 2. The van der Waals surface area contributed by atoms with Crippen LogP contribution in [-0.2, 0) is 9.59 Å². The van der Waals surface area contributed by atoms with Gasteiger partial charge in [0.15, 0.2) is 0 Å². The maximum atomic E-state index is 11.8. The molecule has 1 amide bonds. The van der Waals surface area contributed by atoms with E-state index in [2.05, 4.69) is 5.32 Å². The zero-order valence-electron chi connectivity index (χ0n) is 10.1. The second-order valence-corrected chi connectivity index (χ2v) is 5.89. The SMILES string of the molecule is CSCC(C)NC(=O)[C@H]1[C@@H](C(=O)O)C1(C)C. The van der Waals surface area contributed by atoms with Crippen LogP contribution in [0.3, 0.4) is 0 Å². The number of nitrogens with one attached hydrogen (secondary N) is 1. The Morgan fingerprint density at radius 1 is 1.44 bits per heavy atom. The van der Waals surface area contributed by atoms with E-state index in [1.165, 1.54) is 0 Å². The van der Waals surface area contributed by atoms with Crippen LogP contribution in [0.4, 0.5) is 0 Å². The second kappa shape index (κ2) is 4.65. The Kier molecular flexibility index (Phi) is 3.88. The van der Waals surface area contributed by atoms with Crippen LogP contribution in [0.5, 0.6) is 0 Å². The van der Waals surface area contributed by atoms with Gasteiger partial charge in [0.25, 0.3) is 0 Å². The van der Waals surface area contributed by atoms with E-state index in [0.29, 0.717) is 0 Å². The van der Waals surface area contributed by atoms with E-state index in [4.69, 9.17) is 5.11 Å². The molecule has 0 aliphatic heterocycles. The molecule has 0 heterocycles. The maximum Gasteiger partial charge on any atom is 0.307 e. The minimum absolute atomic E-state index is 0.0911. The van der Waals surface area contributed by atoms with Crippen LogP contribution in [0.2, 0.25) is 0 Å². The van der Waals surface area contributed by atoms with Crippen molar-refractivity contribution in [3.8, 4) is 0 Å². The summed E-state index contributed by atoms with van der Waals surface area (Å²) in [6.07, 6.45) is 1.98. The van der Waals surface area contributed by atoms with Gasteiger partial charge in [0, 0.05) is 11.8 Å². The minimum Gasteiger partial charge on any atom is -0.481 e. The molecule has 5 heteroatoms. The molecule has 3 atom stereocenters. The van der Waals surface area contributed by atoms with Crippen LogP contribution < -0.4 is 5.32 Å². The van der Waals surface area contributed by atoms with Crippen molar-refractivity contribution in [1.82, 2.24) is 5.32 Å². The molecule has 1 unspecified atom stereocenters. The molecule has 1 fully saturated rings. The van der Waals surface area contributed by atoms with Crippen LogP contribution in [0.1, 0.15) is 20.8 Å². The molecule has 0 bridgehead atoms. The lowest BCUT2D eigenvalue weighted by atomic mass is 10.1. The van der Waals surface area contributed by atoms with Gasteiger partial charge in [-0.25, -0.2) is 0 Å². The molecule has 1 saturated carbocycles. The van der Waals surface area contributed by atoms with E-state index < -0.39 is 17.3 Å². The van der Waals surface area contributed by atoms with Crippen molar-refractivity contribution in [2.45, 2.75) is 26.8 Å². The number of carboxylic acid groups (broad SMARTS) is 1. The largest absolute Gasteiger partial charge is 0.481 e. The number of amides is 1. The van der Waals surface area contributed by atoms with Crippen LogP contribution >= 0.6 is 11.8 Å². The second-order valence-electron chi connectivity index (χ2n) is 4.98. The molecule has 2 N–H and O–H groups in total. The smallest absolute Gasteiger partial charge is 0.307 e. The summed E-state index contributed by atoms with van der Waals surface area (Å²) < 4.78 is 0. The fraction of sp³-hybridized carbons (Fsp3) is 0.818. The molecule has 1 aliphatic carbocycles. The molecule has 0 aromatic carbocycles. The predicted molar refractivity (Wildman–Crippen MR) is 64.4 cm³/mol. The summed E-state index contributed by atoms with van der Waals surface area (Å²) >= 11 is 1.66. The Bertz CT molecular complexity index is 304. The molecule has 16 heavy (non-hydrogen) atoms. The maximum absolute atomic E-state index is 11.8. The monoisotopic (exact) mass is 245 g/mol. The van der Waals surface area contributed by atoms with Crippen LogP contribution in [0.25, 0.3) is 0 Å². The van der Waals surface area contributed by atoms with Crippen molar-refractivity contribution in [3.63, 3.8) is 0 Å². The lowest BCUT2D eigenvalue weighted by Crippen LogP contribution is -2.36. The molecule has 0 spiro atoms. The van der Waals surface area contributed by atoms with Gasteiger partial charge in [0.05, 0.1) is 11.8 Å². The standard InChI is InChI=1S/C11H19NO3S/c1-6(5-16-4)12-9(13)7-8(10(14)15)11(7,2)3/h6-8H,5H2,1-4H3,(H,12,13)(H,14,15)/t6?,7-,8+/m1/s1. The van der Waals surface area contributed by atoms with Gasteiger partial charge in [-0.2, -0.15) is 11.8 Å². The van der Waals surface area contributed by atoms with Gasteiger partial charge < -0.3 is 10.4 Å². The number of thioether (sulfide) groups is 1. The Hall–Kier alpha value is -0.710. The van der Waals surface area contributed by atoms with E-state index in [0.717, 1.165) is 5.75 Å². The summed E-state index contributed by atoms with van der Waals surface area (Å²) in [5.74, 6) is -1.07. The topological polar surface area (TPSA) is 66.4 Å². The van der Waals surface area contributed by atoms with Gasteiger partial charge in [-0.15, -0.1) is 0 Å². The minimum atomic E-state index is -0.873. The number of carboxylic acids is 1. The van der Waals surface area contributed by atoms with Crippen molar-refractivity contribution >= 4 is 23.6 Å². The zero-order valence-corrected chi connectivity index (χ0v) is 10.9. The molecule has 0 radical (unpaired) electrons. The Morgan fingerprint density at radius 2 is 2.00 bits per heavy atom. The third-order valence-corrected chi connectivity index (χ3v) is 4.01. The summed E-state index contributed by atoms with van der Waals surface area (Å²) in [7, 11) is 0. The number of rotatable bonds is 5. The molecular formula is C11H19NO3S. The number of carbonyl (C=O) groups excluding carboxylic acids is 1. The highest BCUT2D eigenvalue weighted by Crippen LogP contribution is 2.58. The quantitative estimate of drug-likeness (QED) is 0.764. The van der Waals surface area contributed by atoms with Crippen molar-refractivity contribution in [2.24, 2.45) is 17.3 Å². The van der Waals surface area contributed by atoms with E-state index in [1.807, 2.05) is 27.0 Å². The summed E-state index contributed by atoms with van der Waals surface area (Å²) in [5, 5.41) is 11.8. The van der Waals surface area contributed by atoms with Gasteiger partial charge in [-0.05, 0) is 18.6 Å². The van der Waals surface area contributed by atoms with E-state index >= 15 is 0 Å². The third kappa shape index (κ3) is 2.51. The van der Waals surface area contributed by atoms with Gasteiger partial charge in [0.1, 0.15) is 0 Å². The average Bonchev–Trinajstić information content (AvgIpc) is 2.69. The van der Waals surface area contributed by atoms with E-state index in [9.17, 15) is 9.59 Å². The molecule has 4 nitrogen and oxygen atoms in total. The fourth-order valence-electron chi connectivity index (χ4n) is 2.21. The molecule has 0 saturated heterocycles. The first kappa shape index (κ1) is 13.4. The van der Waals surface area contributed by atoms with Crippen LogP contribution in [0.15, 0.2) is 0 Å². The first-order valence-electron chi connectivity index (χ1n) is 5.34. The molecule has 92 valence electrons. The summed E-state index contributed by atoms with van der Waals surface area (Å²) in [5.41, 5.74) is -0.408. The van der Waals surface area contributed by atoms with Crippen molar-refractivity contribution < 1.29 is 14.7 Å². The highest BCUT2D eigenvalue weighted by molar-refractivity contribution is 7.98. The first-order valence-corrected chi connectivity index (χ1v) is 6.73. The van der Waals surface area contributed by atoms with Crippen LogP contribution in [-0.4, -0.2) is 35.0 Å². The van der Waals surface area contributed by atoms with Crippen LogP contribution in [0, 0.1) is 17.3 Å². The van der Waals surface area contributed by atoms with Gasteiger partial charge in [-0.3, -0.25) is 9.59 Å². The summed E-state index contributed by atoms with van der Waals surface area (Å²) in [4.78, 5) is 22.8. The highest BCUT2D eigenvalue weighted by Gasteiger charge is 2.65. The molecule has 1 aliphatic rings. The van der Waals surface area contributed by atoms with E-state index in [-0.39, 0.29) is 17.9 Å². The van der Waals surface area contributed by atoms with Gasteiger partial charge >= 0.3 is 5.97 Å². The Labute approximate surface area is 100 Å². The number of hydrogen-bond donors (Lipinski definition) is 2. The van der Waals surface area contributed by atoms with Gasteiger partial charge in [-0.1, -0.05) is 13.8 Å². The van der Waals surface area contributed by atoms with E-state index in [1.54, 1.807) is 11.8 Å². The summed E-state index contributed by atoms with van der Waals surface area (Å²) in [6, 6.07) is 0.0911. The number of aliphatic carboxylic acids is 1. The third-order valence-electron chi connectivity index (χ3n) is 3.18. The highest BCUT2D eigenvalue weighted by atomic mass is 32.2. The Morgan fingerprint density at radius 3 is 2.38 bits per heavy atom. The molecule has 0 aromatic heterocycles. The molecular weight excluding hydrogens is 226 g/mol. The first-order chi connectivity index (χ1) is 7.32. The lowest BCUT2D eigenvalue weighted by molar-refractivity contribution is -0.140. The van der Waals surface area contributed by atoms with Crippen molar-refractivity contribution in [1.29, 1.82) is 0 Å². The van der Waals surface area contributed by atoms with Gasteiger partial charge in [0.2, 0.25) is 5.91 Å². The predicted octanol–water partition coefficient (Wildman–Crippen LogP) is 1.21. The van der Waals surface area contributed by atoms with Crippen molar-refractivity contribution in [2.75, 3.05) is 12.0 Å². The molecule has 1 rings (SSSR count). The average molecular weight is 245 g/mol.